The largest absolute Gasteiger partial charge is 0.271 e. The maximum Gasteiger partial charge on any atom is 0.271 e. The molecule has 0 aliphatic carbocycles. The molecule has 1 aliphatic heterocycles. The Morgan fingerprint density at radius 2 is 1.43 bits per heavy atom. The Kier molecular flexibility index (Phi) is 5.60. The van der Waals surface area contributed by atoms with Crippen LogP contribution in [0.3, 0.4) is 0 Å². The molecule has 0 bridgehead atoms. The number of amides is 1. The van der Waals surface area contributed by atoms with E-state index in [1.54, 1.807) is 4.90 Å². The average molecular weight is 413 g/mol. The number of carbonyl (C=O) groups excluding carboxylic acids is 1. The lowest BCUT2D eigenvalue weighted by molar-refractivity contribution is -0.113. The third-order valence-electron chi connectivity index (χ3n) is 4.88. The SMILES string of the molecule is CC(C)(C)c1ccc(C=C2SC(=Nc3ccccc3)N(c3ccccc3)C2=O)cc1. The van der Waals surface area contributed by atoms with Crippen molar-refractivity contribution in [1.29, 1.82) is 0 Å². The predicted octanol–water partition coefficient (Wildman–Crippen LogP) is 6.79. The van der Waals surface area contributed by atoms with Gasteiger partial charge in [-0.2, -0.15) is 0 Å². The van der Waals surface area contributed by atoms with E-state index in [2.05, 4.69) is 45.0 Å². The third-order valence-corrected chi connectivity index (χ3v) is 5.85. The fourth-order valence-electron chi connectivity index (χ4n) is 3.20. The summed E-state index contributed by atoms with van der Waals surface area (Å²) in [5, 5.41) is 0.662. The van der Waals surface area contributed by atoms with Crippen LogP contribution in [0.5, 0.6) is 0 Å². The number of benzene rings is 3. The van der Waals surface area contributed by atoms with Gasteiger partial charge in [0.1, 0.15) is 0 Å². The smallest absolute Gasteiger partial charge is 0.268 e. The highest BCUT2D eigenvalue weighted by Gasteiger charge is 2.34. The van der Waals surface area contributed by atoms with Gasteiger partial charge in [-0.05, 0) is 58.6 Å². The second kappa shape index (κ2) is 8.33. The number of carbonyl (C=O) groups is 1. The van der Waals surface area contributed by atoms with Crippen molar-refractivity contribution in [2.75, 3.05) is 4.90 Å². The molecule has 4 heteroatoms. The highest BCUT2D eigenvalue weighted by atomic mass is 32.2. The first-order valence-corrected chi connectivity index (χ1v) is 10.8. The normalized spacial score (nSPS) is 17.2. The summed E-state index contributed by atoms with van der Waals surface area (Å²) < 4.78 is 0. The zero-order valence-corrected chi connectivity index (χ0v) is 18.2. The molecule has 0 saturated carbocycles. The van der Waals surface area contributed by atoms with E-state index in [1.165, 1.54) is 17.3 Å². The molecule has 4 rings (SSSR count). The lowest BCUT2D eigenvalue weighted by atomic mass is 9.87. The topological polar surface area (TPSA) is 32.7 Å². The van der Waals surface area contributed by atoms with Crippen molar-refractivity contribution in [3.8, 4) is 0 Å². The fraction of sp³-hybridized carbons (Fsp3) is 0.154. The fourth-order valence-corrected chi connectivity index (χ4v) is 4.20. The van der Waals surface area contributed by atoms with Crippen LogP contribution < -0.4 is 4.90 Å². The molecule has 0 aromatic heterocycles. The number of aliphatic imine (C=N–C) groups is 1. The molecule has 1 fully saturated rings. The van der Waals surface area contributed by atoms with Crippen LogP contribution in [0.15, 0.2) is 94.8 Å². The van der Waals surface area contributed by atoms with Crippen molar-refractivity contribution in [2.45, 2.75) is 26.2 Å². The van der Waals surface area contributed by atoms with Gasteiger partial charge < -0.3 is 0 Å². The van der Waals surface area contributed by atoms with Gasteiger partial charge >= 0.3 is 0 Å². The summed E-state index contributed by atoms with van der Waals surface area (Å²) >= 11 is 1.41. The zero-order chi connectivity index (χ0) is 21.1. The predicted molar refractivity (Wildman–Crippen MR) is 128 cm³/mol. The van der Waals surface area contributed by atoms with Crippen LogP contribution in [0.1, 0.15) is 31.9 Å². The van der Waals surface area contributed by atoms with Crippen LogP contribution in [0.2, 0.25) is 0 Å². The van der Waals surface area contributed by atoms with E-state index in [0.29, 0.717) is 10.1 Å². The minimum atomic E-state index is -0.0548. The van der Waals surface area contributed by atoms with Gasteiger partial charge in [-0.25, -0.2) is 4.99 Å². The Morgan fingerprint density at radius 1 is 0.833 bits per heavy atom. The third kappa shape index (κ3) is 4.39. The molecular weight excluding hydrogens is 388 g/mol. The molecule has 0 N–H and O–H groups in total. The van der Waals surface area contributed by atoms with Crippen LogP contribution in [0.25, 0.3) is 6.08 Å². The average Bonchev–Trinajstić information content (AvgIpc) is 3.04. The zero-order valence-electron chi connectivity index (χ0n) is 17.4. The lowest BCUT2D eigenvalue weighted by Crippen LogP contribution is -2.28. The second-order valence-corrected chi connectivity index (χ2v) is 9.20. The first-order chi connectivity index (χ1) is 14.4. The van der Waals surface area contributed by atoms with Crippen molar-refractivity contribution in [3.63, 3.8) is 0 Å². The molecule has 150 valence electrons. The van der Waals surface area contributed by atoms with E-state index in [9.17, 15) is 4.79 Å². The number of anilines is 1. The highest BCUT2D eigenvalue weighted by Crippen LogP contribution is 2.37. The Labute approximate surface area is 182 Å². The van der Waals surface area contributed by atoms with E-state index < -0.39 is 0 Å². The standard InChI is InChI=1S/C26H24N2OS/c1-26(2,3)20-16-14-19(15-17-20)18-23-24(29)28(22-12-8-5-9-13-22)25(30-23)27-21-10-6-4-7-11-21/h4-18H,1-3H3. The molecule has 0 atom stereocenters. The van der Waals surface area contributed by atoms with E-state index in [1.807, 2.05) is 66.7 Å². The number of amidine groups is 1. The molecule has 0 unspecified atom stereocenters. The number of para-hydroxylation sites is 2. The lowest BCUT2D eigenvalue weighted by Gasteiger charge is -2.18. The number of thioether (sulfide) groups is 1. The molecular formula is C26H24N2OS. The summed E-state index contributed by atoms with van der Waals surface area (Å²) in [5.74, 6) is -0.0548. The van der Waals surface area contributed by atoms with Gasteiger partial charge in [-0.3, -0.25) is 9.69 Å². The molecule has 0 radical (unpaired) electrons. The first kappa shape index (κ1) is 20.2. The Bertz CT molecular complexity index is 1100. The van der Waals surface area contributed by atoms with Crippen LogP contribution in [0.4, 0.5) is 11.4 Å². The van der Waals surface area contributed by atoms with E-state index >= 15 is 0 Å². The van der Waals surface area contributed by atoms with Crippen molar-refractivity contribution < 1.29 is 4.79 Å². The molecule has 1 amide bonds. The van der Waals surface area contributed by atoms with Crippen molar-refractivity contribution in [3.05, 3.63) is 101 Å². The van der Waals surface area contributed by atoms with E-state index in [-0.39, 0.29) is 11.3 Å². The summed E-state index contributed by atoms with van der Waals surface area (Å²) in [7, 11) is 0. The van der Waals surface area contributed by atoms with Crippen LogP contribution in [0, 0.1) is 0 Å². The summed E-state index contributed by atoms with van der Waals surface area (Å²) in [4.78, 5) is 20.4. The van der Waals surface area contributed by atoms with Crippen LogP contribution in [-0.2, 0) is 10.2 Å². The van der Waals surface area contributed by atoms with Crippen molar-refractivity contribution in [1.82, 2.24) is 0 Å². The number of hydrogen-bond acceptors (Lipinski definition) is 3. The van der Waals surface area contributed by atoms with Crippen molar-refractivity contribution >= 4 is 40.3 Å². The molecule has 3 aromatic rings. The van der Waals surface area contributed by atoms with Gasteiger partial charge in [0.25, 0.3) is 5.91 Å². The maximum atomic E-state index is 13.3. The van der Waals surface area contributed by atoms with Gasteiger partial charge in [0.2, 0.25) is 0 Å². The van der Waals surface area contributed by atoms with Crippen molar-refractivity contribution in [2.24, 2.45) is 4.99 Å². The minimum Gasteiger partial charge on any atom is -0.268 e. The van der Waals surface area contributed by atoms with Gasteiger partial charge in [-0.1, -0.05) is 81.4 Å². The Balaban J connectivity index is 1.71. The Hall–Kier alpha value is -3.11. The van der Waals surface area contributed by atoms with Gasteiger partial charge in [0.15, 0.2) is 5.17 Å². The Morgan fingerprint density at radius 3 is 2.03 bits per heavy atom. The summed E-state index contributed by atoms with van der Waals surface area (Å²) in [5.41, 5.74) is 4.02. The summed E-state index contributed by atoms with van der Waals surface area (Å²) in [6.07, 6.45) is 1.95. The van der Waals surface area contributed by atoms with Gasteiger partial charge in [-0.15, -0.1) is 0 Å². The molecule has 3 aromatic carbocycles. The number of rotatable bonds is 3. The molecule has 1 heterocycles. The first-order valence-electron chi connectivity index (χ1n) is 9.95. The van der Waals surface area contributed by atoms with Crippen LogP contribution >= 0.6 is 11.8 Å². The quantitative estimate of drug-likeness (QED) is 0.444. The molecule has 0 spiro atoms. The summed E-state index contributed by atoms with van der Waals surface area (Å²) in [6.45, 7) is 6.59. The highest BCUT2D eigenvalue weighted by molar-refractivity contribution is 8.19. The summed E-state index contributed by atoms with van der Waals surface area (Å²) in [6, 6.07) is 27.8. The van der Waals surface area contributed by atoms with Crippen LogP contribution in [-0.4, -0.2) is 11.1 Å². The minimum absolute atomic E-state index is 0.0548. The number of hydrogen-bond donors (Lipinski definition) is 0. The second-order valence-electron chi connectivity index (χ2n) is 8.19. The molecule has 3 nitrogen and oxygen atoms in total. The molecule has 1 aliphatic rings. The van der Waals surface area contributed by atoms with Gasteiger partial charge in [0, 0.05) is 0 Å². The molecule has 1 saturated heterocycles. The van der Waals surface area contributed by atoms with E-state index in [4.69, 9.17) is 4.99 Å². The van der Waals surface area contributed by atoms with E-state index in [0.717, 1.165) is 16.9 Å². The molecule has 30 heavy (non-hydrogen) atoms. The monoisotopic (exact) mass is 412 g/mol. The number of nitrogens with zero attached hydrogens (tertiary/aromatic N) is 2. The maximum absolute atomic E-state index is 13.3. The van der Waals surface area contributed by atoms with Gasteiger partial charge in [0.05, 0.1) is 16.3 Å².